The molecule has 1 fully saturated rings. The van der Waals surface area contributed by atoms with Gasteiger partial charge < -0.3 is 24.1 Å². The molecule has 1 unspecified atom stereocenters. The summed E-state index contributed by atoms with van der Waals surface area (Å²) in [6.07, 6.45) is 1.62. The summed E-state index contributed by atoms with van der Waals surface area (Å²) in [7, 11) is 2.96. The van der Waals surface area contributed by atoms with Crippen molar-refractivity contribution in [1.82, 2.24) is 4.98 Å². The van der Waals surface area contributed by atoms with Gasteiger partial charge in [0.2, 0.25) is 0 Å². The van der Waals surface area contributed by atoms with Crippen molar-refractivity contribution >= 4 is 39.9 Å². The number of methoxy groups -OCH3 is 2. The monoisotopic (exact) mass is 578 g/mol. The van der Waals surface area contributed by atoms with E-state index in [9.17, 15) is 19.5 Å². The molecule has 0 spiro atoms. The van der Waals surface area contributed by atoms with E-state index in [1.54, 1.807) is 63.2 Å². The van der Waals surface area contributed by atoms with Gasteiger partial charge in [0.15, 0.2) is 16.6 Å². The summed E-state index contributed by atoms with van der Waals surface area (Å²) >= 11 is 0.931. The number of carbonyl (C=O) groups excluding carboxylic acids is 3. The minimum atomic E-state index is -1.09. The highest BCUT2D eigenvalue weighted by molar-refractivity contribution is 7.17. The fourth-order valence-corrected chi connectivity index (χ4v) is 5.49. The fourth-order valence-electron chi connectivity index (χ4n) is 4.50. The first-order chi connectivity index (χ1) is 19.7. The van der Waals surface area contributed by atoms with Gasteiger partial charge in [0.05, 0.1) is 38.1 Å². The lowest BCUT2D eigenvalue weighted by Gasteiger charge is -2.24. The number of carbonyl (C=O) groups is 3. The summed E-state index contributed by atoms with van der Waals surface area (Å²) < 4.78 is 21.6. The van der Waals surface area contributed by atoms with E-state index in [0.29, 0.717) is 46.2 Å². The number of benzene rings is 2. The molecule has 1 saturated heterocycles. The number of ketones is 1. The zero-order valence-electron chi connectivity index (χ0n) is 23.3. The molecule has 2 aromatic carbocycles. The first-order valence-corrected chi connectivity index (χ1v) is 13.5. The molecule has 3 aromatic rings. The maximum atomic E-state index is 13.6. The zero-order chi connectivity index (χ0) is 29.8. The van der Waals surface area contributed by atoms with Crippen molar-refractivity contribution < 1.29 is 38.4 Å². The number of aromatic nitrogens is 1. The van der Waals surface area contributed by atoms with Gasteiger partial charge in [0, 0.05) is 5.56 Å². The first-order valence-electron chi connectivity index (χ1n) is 12.7. The van der Waals surface area contributed by atoms with Crippen molar-refractivity contribution in [3.05, 3.63) is 81.9 Å². The van der Waals surface area contributed by atoms with Crippen molar-refractivity contribution in [3.8, 4) is 17.2 Å². The van der Waals surface area contributed by atoms with Crippen LogP contribution in [0.15, 0.2) is 54.6 Å². The van der Waals surface area contributed by atoms with Crippen LogP contribution in [0, 0.1) is 13.8 Å². The third-order valence-corrected chi connectivity index (χ3v) is 7.56. The summed E-state index contributed by atoms with van der Waals surface area (Å²) in [5.41, 5.74) is 1.69. The Labute approximate surface area is 241 Å². The second kappa shape index (κ2) is 12.3. The van der Waals surface area contributed by atoms with Crippen molar-refractivity contribution in [2.75, 3.05) is 32.3 Å². The van der Waals surface area contributed by atoms with Crippen molar-refractivity contribution in [1.29, 1.82) is 0 Å². The highest BCUT2D eigenvalue weighted by Gasteiger charge is 2.48. The van der Waals surface area contributed by atoms with E-state index in [1.165, 1.54) is 19.1 Å². The number of rotatable bonds is 10. The molecule has 11 heteroatoms. The van der Waals surface area contributed by atoms with Gasteiger partial charge in [-0.15, -0.1) is 0 Å². The smallest absolute Gasteiger partial charge is 0.350 e. The second-order valence-electron chi connectivity index (χ2n) is 8.99. The van der Waals surface area contributed by atoms with Crippen LogP contribution < -0.4 is 19.1 Å². The summed E-state index contributed by atoms with van der Waals surface area (Å²) in [6, 6.07) is 8.78. The number of thiazole rings is 1. The molecule has 1 aliphatic rings. The minimum Gasteiger partial charge on any atom is -0.507 e. The number of hydrogen-bond acceptors (Lipinski definition) is 10. The Hall–Kier alpha value is -4.64. The molecule has 1 aliphatic heterocycles. The molecule has 41 heavy (non-hydrogen) atoms. The average Bonchev–Trinajstić information content (AvgIpc) is 3.47. The maximum Gasteiger partial charge on any atom is 0.350 e. The second-order valence-corrected chi connectivity index (χ2v) is 9.97. The van der Waals surface area contributed by atoms with Crippen LogP contribution >= 0.6 is 11.3 Å². The topological polar surface area (TPSA) is 124 Å². The van der Waals surface area contributed by atoms with E-state index < -0.39 is 23.7 Å². The Morgan fingerprint density at radius 2 is 1.80 bits per heavy atom. The molecule has 1 atom stereocenters. The largest absolute Gasteiger partial charge is 0.507 e. The highest BCUT2D eigenvalue weighted by Crippen LogP contribution is 2.45. The van der Waals surface area contributed by atoms with E-state index in [0.717, 1.165) is 11.3 Å². The number of esters is 1. The van der Waals surface area contributed by atoms with Gasteiger partial charge >= 0.3 is 11.9 Å². The minimum absolute atomic E-state index is 0.107. The number of aryl methyl sites for hydroxylation is 2. The molecule has 10 nitrogen and oxygen atoms in total. The SMILES string of the molecule is C=CCOc1ccc(/C(O)=C2\C(=O)C(=O)N(c3nc(C)c(C(=O)OCC)s3)C2c2ccc(OC)c(OC)c2)cc1C. The molecule has 214 valence electrons. The van der Waals surface area contributed by atoms with Crippen LogP contribution in [0.5, 0.6) is 17.2 Å². The predicted molar refractivity (Wildman–Crippen MR) is 154 cm³/mol. The van der Waals surface area contributed by atoms with E-state index in [1.807, 2.05) is 0 Å². The maximum absolute atomic E-state index is 13.6. The molecule has 0 radical (unpaired) electrons. The predicted octanol–water partition coefficient (Wildman–Crippen LogP) is 5.14. The first kappa shape index (κ1) is 29.3. The lowest BCUT2D eigenvalue weighted by Crippen LogP contribution is -2.29. The fraction of sp³-hybridized carbons (Fsp3) is 0.267. The Kier molecular flexibility index (Phi) is 8.77. The molecular weight excluding hydrogens is 548 g/mol. The number of ether oxygens (including phenoxy) is 4. The third-order valence-electron chi connectivity index (χ3n) is 6.43. The average molecular weight is 579 g/mol. The molecule has 1 amide bonds. The van der Waals surface area contributed by atoms with Gasteiger partial charge in [-0.1, -0.05) is 30.1 Å². The highest BCUT2D eigenvalue weighted by atomic mass is 32.1. The van der Waals surface area contributed by atoms with E-state index in [2.05, 4.69) is 11.6 Å². The van der Waals surface area contributed by atoms with Gasteiger partial charge in [0.1, 0.15) is 23.0 Å². The van der Waals surface area contributed by atoms with Gasteiger partial charge in [-0.05, 0) is 62.2 Å². The van der Waals surface area contributed by atoms with Crippen molar-refractivity contribution in [2.45, 2.75) is 26.8 Å². The van der Waals surface area contributed by atoms with E-state index in [-0.39, 0.29) is 27.9 Å². The standard InChI is InChI=1S/C30H30N2O8S/c1-7-13-40-20-11-10-19(14-16(20)3)25(33)23-24(18-9-12-21(37-5)22(15-18)38-6)32(28(35)26(23)34)30-31-17(4)27(41-30)29(36)39-8-2/h7,9-12,14-15,24,33H,1,8,13H2,2-6H3/b25-23+. The van der Waals surface area contributed by atoms with E-state index >= 15 is 0 Å². The number of aliphatic hydroxyl groups is 1. The number of hydrogen-bond donors (Lipinski definition) is 1. The molecule has 2 heterocycles. The number of Topliss-reactive ketones (excluding diaryl/α,β-unsaturated/α-hetero) is 1. The van der Waals surface area contributed by atoms with Gasteiger partial charge in [0.25, 0.3) is 5.78 Å². The Balaban J connectivity index is 1.92. The van der Waals surface area contributed by atoms with Crippen LogP contribution in [-0.2, 0) is 14.3 Å². The third kappa shape index (κ3) is 5.53. The molecule has 0 bridgehead atoms. The van der Waals surface area contributed by atoms with E-state index in [4.69, 9.17) is 18.9 Å². The molecule has 1 N–H and O–H groups in total. The van der Waals surface area contributed by atoms with Gasteiger partial charge in [-0.3, -0.25) is 14.5 Å². The summed E-state index contributed by atoms with van der Waals surface area (Å²) in [4.78, 5) is 45.5. The summed E-state index contributed by atoms with van der Waals surface area (Å²) in [6.45, 7) is 9.22. The van der Waals surface area contributed by atoms with Crippen LogP contribution in [0.2, 0.25) is 0 Å². The Bertz CT molecular complexity index is 1560. The number of amides is 1. The van der Waals surface area contributed by atoms with Crippen LogP contribution in [0.4, 0.5) is 5.13 Å². The van der Waals surface area contributed by atoms with Crippen molar-refractivity contribution in [3.63, 3.8) is 0 Å². The van der Waals surface area contributed by atoms with Gasteiger partial charge in [-0.25, -0.2) is 9.78 Å². The quantitative estimate of drug-likeness (QED) is 0.114. The lowest BCUT2D eigenvalue weighted by atomic mass is 9.94. The molecule has 4 rings (SSSR count). The summed E-state index contributed by atoms with van der Waals surface area (Å²) in [5.74, 6) is -1.38. The zero-order valence-corrected chi connectivity index (χ0v) is 24.2. The van der Waals surface area contributed by atoms with Crippen LogP contribution in [0.3, 0.4) is 0 Å². The molecular formula is C30H30N2O8S. The number of nitrogens with zero attached hydrogens (tertiary/aromatic N) is 2. The lowest BCUT2D eigenvalue weighted by molar-refractivity contribution is -0.132. The molecule has 0 aliphatic carbocycles. The van der Waals surface area contributed by atoms with Crippen LogP contribution in [-0.4, -0.2) is 55.2 Å². The Morgan fingerprint density at radius 3 is 2.44 bits per heavy atom. The Morgan fingerprint density at radius 1 is 1.10 bits per heavy atom. The molecule has 1 aromatic heterocycles. The number of aliphatic hydroxyl groups excluding tert-OH is 1. The normalized spacial score (nSPS) is 16.0. The number of anilines is 1. The van der Waals surface area contributed by atoms with Gasteiger partial charge in [-0.2, -0.15) is 0 Å². The van der Waals surface area contributed by atoms with Crippen molar-refractivity contribution in [2.24, 2.45) is 0 Å². The van der Waals surface area contributed by atoms with Crippen LogP contribution in [0.25, 0.3) is 5.76 Å². The molecule has 0 saturated carbocycles. The van der Waals surface area contributed by atoms with Crippen LogP contribution in [0.1, 0.15) is 45.0 Å². The summed E-state index contributed by atoms with van der Waals surface area (Å²) in [5, 5.41) is 11.6.